The number of ether oxygens (including phenoxy) is 1. The quantitative estimate of drug-likeness (QED) is 0.522. The van der Waals surface area contributed by atoms with Crippen molar-refractivity contribution >= 4 is 28.4 Å². The fourth-order valence-electron chi connectivity index (χ4n) is 2.97. The first-order valence-corrected chi connectivity index (χ1v) is 8.17. The third-order valence-corrected chi connectivity index (χ3v) is 4.25. The molecule has 130 valence electrons. The van der Waals surface area contributed by atoms with Crippen LogP contribution < -0.4 is 9.64 Å². The second-order valence-corrected chi connectivity index (χ2v) is 5.92. The third kappa shape index (κ3) is 2.73. The van der Waals surface area contributed by atoms with Gasteiger partial charge in [-0.15, -0.1) is 11.7 Å². The molecule has 0 radical (unpaired) electrons. The standard InChI is InChI=1S/C19H16N4O3/c1-2-9-22-16-10-13(7-8-18(16)26-12-19(22)25)17(24)11-23-15-6-4-3-5-14(15)20-21-23/h2-8,10H,1,9,11-12H2. The zero-order chi connectivity index (χ0) is 18.1. The van der Waals surface area contributed by atoms with Crippen LogP contribution >= 0.6 is 0 Å². The number of amides is 1. The van der Waals surface area contributed by atoms with Gasteiger partial charge in [-0.05, 0) is 30.3 Å². The van der Waals surface area contributed by atoms with E-state index in [-0.39, 0.29) is 24.8 Å². The van der Waals surface area contributed by atoms with Gasteiger partial charge in [0.25, 0.3) is 5.91 Å². The van der Waals surface area contributed by atoms with Crippen molar-refractivity contribution in [3.05, 3.63) is 60.7 Å². The molecule has 0 fully saturated rings. The first kappa shape index (κ1) is 16.0. The highest BCUT2D eigenvalue weighted by Crippen LogP contribution is 2.33. The summed E-state index contributed by atoms with van der Waals surface area (Å²) in [5.41, 5.74) is 2.60. The molecule has 0 atom stereocenters. The minimum absolute atomic E-state index is 0.0148. The second-order valence-electron chi connectivity index (χ2n) is 5.92. The van der Waals surface area contributed by atoms with Crippen LogP contribution in [-0.2, 0) is 11.3 Å². The predicted molar refractivity (Wildman–Crippen MR) is 96.3 cm³/mol. The maximum Gasteiger partial charge on any atom is 0.265 e. The van der Waals surface area contributed by atoms with Crippen LogP contribution in [0.4, 0.5) is 5.69 Å². The average molecular weight is 348 g/mol. The Morgan fingerprint density at radius 1 is 1.27 bits per heavy atom. The molecule has 2 aromatic carbocycles. The first-order chi connectivity index (χ1) is 12.7. The molecule has 3 aromatic rings. The Bertz CT molecular complexity index is 1020. The lowest BCUT2D eigenvalue weighted by Crippen LogP contribution is -2.39. The number of para-hydroxylation sites is 1. The van der Waals surface area contributed by atoms with Crippen LogP contribution in [0.1, 0.15) is 10.4 Å². The van der Waals surface area contributed by atoms with Gasteiger partial charge in [0.1, 0.15) is 17.8 Å². The third-order valence-electron chi connectivity index (χ3n) is 4.25. The molecule has 2 heterocycles. The minimum atomic E-state index is -0.163. The van der Waals surface area contributed by atoms with Gasteiger partial charge in [-0.1, -0.05) is 23.4 Å². The van der Waals surface area contributed by atoms with Gasteiger partial charge in [-0.2, -0.15) is 0 Å². The Morgan fingerprint density at radius 3 is 2.96 bits per heavy atom. The van der Waals surface area contributed by atoms with Gasteiger partial charge < -0.3 is 9.64 Å². The minimum Gasteiger partial charge on any atom is -0.482 e. The van der Waals surface area contributed by atoms with E-state index in [0.29, 0.717) is 23.5 Å². The Hall–Kier alpha value is -3.48. The first-order valence-electron chi connectivity index (χ1n) is 8.17. The predicted octanol–water partition coefficient (Wildman–Crippen LogP) is 2.23. The monoisotopic (exact) mass is 348 g/mol. The number of ketones is 1. The summed E-state index contributed by atoms with van der Waals surface area (Å²) in [5.74, 6) is 0.290. The van der Waals surface area contributed by atoms with Gasteiger partial charge >= 0.3 is 0 Å². The molecule has 0 bridgehead atoms. The smallest absolute Gasteiger partial charge is 0.265 e. The fraction of sp³-hybridized carbons (Fsp3) is 0.158. The molecule has 1 aliphatic rings. The molecule has 1 amide bonds. The van der Waals surface area contributed by atoms with Gasteiger partial charge in [0, 0.05) is 12.1 Å². The average Bonchev–Trinajstić information content (AvgIpc) is 3.07. The van der Waals surface area contributed by atoms with E-state index in [1.54, 1.807) is 33.9 Å². The number of hydrogen-bond acceptors (Lipinski definition) is 5. The molecule has 0 saturated carbocycles. The molecule has 1 aliphatic heterocycles. The number of fused-ring (bicyclic) bond motifs is 2. The Balaban J connectivity index is 1.64. The van der Waals surface area contributed by atoms with Crippen molar-refractivity contribution in [1.29, 1.82) is 0 Å². The van der Waals surface area contributed by atoms with Crippen molar-refractivity contribution in [1.82, 2.24) is 15.0 Å². The van der Waals surface area contributed by atoms with E-state index in [1.165, 1.54) is 0 Å². The lowest BCUT2D eigenvalue weighted by atomic mass is 10.1. The lowest BCUT2D eigenvalue weighted by molar-refractivity contribution is -0.121. The van der Waals surface area contributed by atoms with E-state index in [1.807, 2.05) is 24.3 Å². The van der Waals surface area contributed by atoms with Crippen molar-refractivity contribution < 1.29 is 14.3 Å². The fourth-order valence-corrected chi connectivity index (χ4v) is 2.97. The van der Waals surface area contributed by atoms with E-state index in [9.17, 15) is 9.59 Å². The Labute approximate surface area is 149 Å². The number of nitrogens with zero attached hydrogens (tertiary/aromatic N) is 4. The number of carbonyl (C=O) groups excluding carboxylic acids is 2. The normalized spacial score (nSPS) is 13.4. The Kier molecular flexibility index (Phi) is 3.96. The number of anilines is 1. The number of rotatable bonds is 5. The van der Waals surface area contributed by atoms with E-state index in [4.69, 9.17) is 4.74 Å². The lowest BCUT2D eigenvalue weighted by Gasteiger charge is -2.28. The summed E-state index contributed by atoms with van der Waals surface area (Å²) in [6.45, 7) is 4.09. The molecule has 0 aliphatic carbocycles. The molecule has 0 saturated heterocycles. The summed E-state index contributed by atoms with van der Waals surface area (Å²) in [5, 5.41) is 8.11. The molecule has 0 unspecified atom stereocenters. The maximum absolute atomic E-state index is 12.7. The highest BCUT2D eigenvalue weighted by molar-refractivity contribution is 6.02. The molecular weight excluding hydrogens is 332 g/mol. The van der Waals surface area contributed by atoms with Crippen molar-refractivity contribution in [3.63, 3.8) is 0 Å². The van der Waals surface area contributed by atoms with Gasteiger partial charge in [0.15, 0.2) is 12.4 Å². The second kappa shape index (κ2) is 6.44. The summed E-state index contributed by atoms with van der Waals surface area (Å²) < 4.78 is 7.02. The van der Waals surface area contributed by atoms with E-state index in [2.05, 4.69) is 16.9 Å². The molecule has 7 nitrogen and oxygen atoms in total. The van der Waals surface area contributed by atoms with Crippen LogP contribution in [0.25, 0.3) is 11.0 Å². The number of Topliss-reactive ketones (excluding diaryl/α,β-unsaturated/α-hetero) is 1. The van der Waals surface area contributed by atoms with Crippen molar-refractivity contribution in [2.24, 2.45) is 0 Å². The summed E-state index contributed by atoms with van der Waals surface area (Å²) in [6, 6.07) is 12.6. The number of hydrogen-bond donors (Lipinski definition) is 0. The van der Waals surface area contributed by atoms with Gasteiger partial charge in [0.2, 0.25) is 0 Å². The van der Waals surface area contributed by atoms with Crippen molar-refractivity contribution in [2.45, 2.75) is 6.54 Å². The Morgan fingerprint density at radius 2 is 2.12 bits per heavy atom. The number of aromatic nitrogens is 3. The molecule has 1 aromatic heterocycles. The molecule has 4 rings (SSSR count). The van der Waals surface area contributed by atoms with Crippen LogP contribution in [0, 0.1) is 0 Å². The largest absolute Gasteiger partial charge is 0.482 e. The summed E-state index contributed by atoms with van der Waals surface area (Å²) in [4.78, 5) is 26.4. The van der Waals surface area contributed by atoms with Crippen LogP contribution in [0.3, 0.4) is 0 Å². The van der Waals surface area contributed by atoms with E-state index >= 15 is 0 Å². The SMILES string of the molecule is C=CCN1C(=O)COc2ccc(C(=O)Cn3nnc4ccccc43)cc21. The zero-order valence-electron chi connectivity index (χ0n) is 14.0. The number of benzene rings is 2. The van der Waals surface area contributed by atoms with Gasteiger partial charge in [0.05, 0.1) is 11.2 Å². The topological polar surface area (TPSA) is 77.3 Å². The maximum atomic E-state index is 12.7. The summed E-state index contributed by atoms with van der Waals surface area (Å²) >= 11 is 0. The molecule has 26 heavy (non-hydrogen) atoms. The zero-order valence-corrected chi connectivity index (χ0v) is 14.0. The molecule has 0 N–H and O–H groups in total. The molecule has 0 spiro atoms. The molecule has 7 heteroatoms. The van der Waals surface area contributed by atoms with E-state index < -0.39 is 0 Å². The van der Waals surface area contributed by atoms with Crippen molar-refractivity contribution in [2.75, 3.05) is 18.1 Å². The van der Waals surface area contributed by atoms with Crippen LogP contribution in [-0.4, -0.2) is 39.8 Å². The van der Waals surface area contributed by atoms with Gasteiger partial charge in [-0.25, -0.2) is 4.68 Å². The van der Waals surface area contributed by atoms with Crippen LogP contribution in [0.2, 0.25) is 0 Å². The van der Waals surface area contributed by atoms with Gasteiger partial charge in [-0.3, -0.25) is 9.59 Å². The molecular formula is C19H16N4O3. The van der Waals surface area contributed by atoms with Crippen LogP contribution in [0.5, 0.6) is 5.75 Å². The summed E-state index contributed by atoms with van der Waals surface area (Å²) in [6.07, 6.45) is 1.64. The van der Waals surface area contributed by atoms with E-state index in [0.717, 1.165) is 11.0 Å². The van der Waals surface area contributed by atoms with Crippen LogP contribution in [0.15, 0.2) is 55.1 Å². The highest BCUT2D eigenvalue weighted by Gasteiger charge is 2.25. The highest BCUT2D eigenvalue weighted by atomic mass is 16.5. The summed E-state index contributed by atoms with van der Waals surface area (Å²) in [7, 11) is 0. The number of carbonyl (C=O) groups is 2. The van der Waals surface area contributed by atoms with Crippen molar-refractivity contribution in [3.8, 4) is 5.75 Å².